The molecule has 1 aromatic rings. The Hall–Kier alpha value is -2.11. The summed E-state index contributed by atoms with van der Waals surface area (Å²) >= 11 is 0. The molecule has 148 valence electrons. The molecular formula is C21H32N4O2. The average molecular weight is 373 g/mol. The third-order valence-corrected chi connectivity index (χ3v) is 5.72. The van der Waals surface area contributed by atoms with Crippen LogP contribution in [0, 0.1) is 5.92 Å². The Morgan fingerprint density at radius 1 is 1.04 bits per heavy atom. The maximum absolute atomic E-state index is 12.4. The van der Waals surface area contributed by atoms with Crippen molar-refractivity contribution in [2.24, 2.45) is 5.92 Å². The average Bonchev–Trinajstić information content (AvgIpc) is 2.99. The molecule has 0 aromatic carbocycles. The van der Waals surface area contributed by atoms with Crippen LogP contribution in [0.1, 0.15) is 50.5 Å². The molecule has 6 nitrogen and oxygen atoms in total. The standard InChI is InChI=1S/C21H32N4O2/c26-20(24-12-3-1-2-4-13-24)7-11-23-21(27)25-14-8-18(9-15-25)16-19-6-5-10-22-17-19/h5-6,10,17-18H,1-4,7-9,11-16H2,(H,23,27). The van der Waals surface area contributed by atoms with Gasteiger partial charge in [0.1, 0.15) is 0 Å². The van der Waals surface area contributed by atoms with Crippen molar-refractivity contribution < 1.29 is 9.59 Å². The predicted octanol–water partition coefficient (Wildman–Crippen LogP) is 2.84. The second kappa shape index (κ2) is 10.3. The highest BCUT2D eigenvalue weighted by Gasteiger charge is 2.23. The molecule has 27 heavy (non-hydrogen) atoms. The minimum atomic E-state index is -0.0292. The zero-order valence-corrected chi connectivity index (χ0v) is 16.2. The van der Waals surface area contributed by atoms with E-state index in [2.05, 4.69) is 16.4 Å². The first kappa shape index (κ1) is 19.6. The van der Waals surface area contributed by atoms with Crippen LogP contribution in [0.5, 0.6) is 0 Å². The van der Waals surface area contributed by atoms with Gasteiger partial charge >= 0.3 is 6.03 Å². The summed E-state index contributed by atoms with van der Waals surface area (Å²) in [5, 5.41) is 2.93. The van der Waals surface area contributed by atoms with Crippen LogP contribution in [-0.2, 0) is 11.2 Å². The maximum atomic E-state index is 12.4. The lowest BCUT2D eigenvalue weighted by Gasteiger charge is -2.32. The highest BCUT2D eigenvalue weighted by Crippen LogP contribution is 2.21. The molecule has 0 radical (unpaired) electrons. The van der Waals surface area contributed by atoms with Crippen molar-refractivity contribution in [2.75, 3.05) is 32.7 Å². The summed E-state index contributed by atoms with van der Waals surface area (Å²) in [6, 6.07) is 4.07. The van der Waals surface area contributed by atoms with Crippen LogP contribution in [0.25, 0.3) is 0 Å². The minimum absolute atomic E-state index is 0.0292. The number of rotatable bonds is 5. The fourth-order valence-corrected chi connectivity index (χ4v) is 4.06. The Morgan fingerprint density at radius 2 is 1.78 bits per heavy atom. The van der Waals surface area contributed by atoms with E-state index in [1.807, 2.05) is 22.1 Å². The number of carbonyl (C=O) groups excluding carboxylic acids is 2. The van der Waals surface area contributed by atoms with E-state index in [0.29, 0.717) is 18.9 Å². The number of nitrogens with one attached hydrogen (secondary N) is 1. The first-order valence-electron chi connectivity index (χ1n) is 10.4. The highest BCUT2D eigenvalue weighted by atomic mass is 16.2. The molecule has 0 atom stereocenters. The number of nitrogens with zero attached hydrogens (tertiary/aromatic N) is 3. The molecule has 6 heteroatoms. The Labute approximate surface area is 162 Å². The van der Waals surface area contributed by atoms with Crippen molar-refractivity contribution in [2.45, 2.75) is 51.4 Å². The zero-order chi connectivity index (χ0) is 18.9. The van der Waals surface area contributed by atoms with Crippen LogP contribution < -0.4 is 5.32 Å². The lowest BCUT2D eigenvalue weighted by atomic mass is 9.91. The van der Waals surface area contributed by atoms with E-state index >= 15 is 0 Å². The molecule has 0 unspecified atom stereocenters. The molecule has 3 rings (SSSR count). The monoisotopic (exact) mass is 372 g/mol. The molecule has 1 aromatic heterocycles. The molecule has 3 heterocycles. The second-order valence-electron chi connectivity index (χ2n) is 7.77. The van der Waals surface area contributed by atoms with Crippen LogP contribution in [0.2, 0.25) is 0 Å². The fraction of sp³-hybridized carbons (Fsp3) is 0.667. The summed E-state index contributed by atoms with van der Waals surface area (Å²) in [4.78, 5) is 32.7. The van der Waals surface area contributed by atoms with Crippen molar-refractivity contribution in [1.82, 2.24) is 20.1 Å². The van der Waals surface area contributed by atoms with Gasteiger partial charge in [-0.15, -0.1) is 0 Å². The fourth-order valence-electron chi connectivity index (χ4n) is 4.06. The number of pyridine rings is 1. The highest BCUT2D eigenvalue weighted by molar-refractivity contribution is 5.78. The molecule has 3 amide bonds. The molecule has 1 N–H and O–H groups in total. The normalized spacial score (nSPS) is 18.8. The zero-order valence-electron chi connectivity index (χ0n) is 16.2. The number of urea groups is 1. The minimum Gasteiger partial charge on any atom is -0.343 e. The van der Waals surface area contributed by atoms with Gasteiger partial charge in [0.25, 0.3) is 0 Å². The van der Waals surface area contributed by atoms with Gasteiger partial charge in [-0.3, -0.25) is 9.78 Å². The Kier molecular flexibility index (Phi) is 7.48. The SMILES string of the molecule is O=C(CCNC(=O)N1CCC(Cc2cccnc2)CC1)N1CCCCCC1. The Balaban J connectivity index is 1.33. The van der Waals surface area contributed by atoms with Crippen molar-refractivity contribution in [3.63, 3.8) is 0 Å². The van der Waals surface area contributed by atoms with Crippen molar-refractivity contribution in [3.05, 3.63) is 30.1 Å². The molecule has 0 aliphatic carbocycles. The van der Waals surface area contributed by atoms with Crippen molar-refractivity contribution >= 4 is 11.9 Å². The van der Waals surface area contributed by atoms with Gasteiger partial charge < -0.3 is 15.1 Å². The van der Waals surface area contributed by atoms with E-state index in [1.54, 1.807) is 6.20 Å². The van der Waals surface area contributed by atoms with E-state index in [4.69, 9.17) is 0 Å². The van der Waals surface area contributed by atoms with E-state index in [9.17, 15) is 9.59 Å². The summed E-state index contributed by atoms with van der Waals surface area (Å²) in [5.74, 6) is 0.787. The van der Waals surface area contributed by atoms with Gasteiger partial charge in [0.05, 0.1) is 0 Å². The van der Waals surface area contributed by atoms with Crippen LogP contribution in [-0.4, -0.2) is 59.4 Å². The van der Waals surface area contributed by atoms with E-state index < -0.39 is 0 Å². The van der Waals surface area contributed by atoms with Gasteiger partial charge in [-0.05, 0) is 49.7 Å². The maximum Gasteiger partial charge on any atom is 0.317 e. The van der Waals surface area contributed by atoms with E-state index in [1.165, 1.54) is 18.4 Å². The number of hydrogen-bond acceptors (Lipinski definition) is 3. The molecule has 2 aliphatic rings. The summed E-state index contributed by atoms with van der Waals surface area (Å²) in [6.45, 7) is 3.76. The smallest absolute Gasteiger partial charge is 0.317 e. The van der Waals surface area contributed by atoms with Crippen LogP contribution in [0.4, 0.5) is 4.79 Å². The summed E-state index contributed by atoms with van der Waals surface area (Å²) in [7, 11) is 0. The van der Waals surface area contributed by atoms with Gasteiger partial charge in [-0.1, -0.05) is 18.9 Å². The Bertz CT molecular complexity index is 591. The molecule has 2 fully saturated rings. The van der Waals surface area contributed by atoms with Gasteiger partial charge in [-0.25, -0.2) is 4.79 Å². The van der Waals surface area contributed by atoms with Crippen LogP contribution in [0.3, 0.4) is 0 Å². The van der Waals surface area contributed by atoms with Crippen molar-refractivity contribution in [3.8, 4) is 0 Å². The van der Waals surface area contributed by atoms with Crippen LogP contribution >= 0.6 is 0 Å². The second-order valence-corrected chi connectivity index (χ2v) is 7.77. The summed E-state index contributed by atoms with van der Waals surface area (Å²) < 4.78 is 0. The lowest BCUT2D eigenvalue weighted by molar-refractivity contribution is -0.131. The number of amides is 3. The number of aromatic nitrogens is 1. The third kappa shape index (κ3) is 6.22. The summed E-state index contributed by atoms with van der Waals surface area (Å²) in [6.07, 6.45) is 11.9. The van der Waals surface area contributed by atoms with Crippen LogP contribution in [0.15, 0.2) is 24.5 Å². The summed E-state index contributed by atoms with van der Waals surface area (Å²) in [5.41, 5.74) is 1.27. The topological polar surface area (TPSA) is 65.5 Å². The van der Waals surface area contributed by atoms with Crippen molar-refractivity contribution in [1.29, 1.82) is 0 Å². The number of carbonyl (C=O) groups is 2. The van der Waals surface area contributed by atoms with Gasteiger partial charge in [-0.2, -0.15) is 0 Å². The van der Waals surface area contributed by atoms with E-state index in [-0.39, 0.29) is 11.9 Å². The lowest BCUT2D eigenvalue weighted by Crippen LogP contribution is -2.45. The molecule has 2 aliphatic heterocycles. The first-order valence-corrected chi connectivity index (χ1v) is 10.4. The number of piperidine rings is 1. The molecule has 0 spiro atoms. The molecule has 2 saturated heterocycles. The van der Waals surface area contributed by atoms with E-state index in [0.717, 1.165) is 58.3 Å². The third-order valence-electron chi connectivity index (χ3n) is 5.72. The first-order chi connectivity index (χ1) is 13.2. The number of hydrogen-bond donors (Lipinski definition) is 1. The Morgan fingerprint density at radius 3 is 2.44 bits per heavy atom. The van der Waals surface area contributed by atoms with Gasteiger partial charge in [0.15, 0.2) is 0 Å². The largest absolute Gasteiger partial charge is 0.343 e. The van der Waals surface area contributed by atoms with Gasteiger partial charge in [0, 0.05) is 51.5 Å². The molecule has 0 saturated carbocycles. The number of likely N-dealkylation sites (tertiary alicyclic amines) is 2. The molecule has 0 bridgehead atoms. The quantitative estimate of drug-likeness (QED) is 0.864. The van der Waals surface area contributed by atoms with Gasteiger partial charge in [0.2, 0.25) is 5.91 Å². The predicted molar refractivity (Wildman–Crippen MR) is 105 cm³/mol. The molecular weight excluding hydrogens is 340 g/mol.